The van der Waals surface area contributed by atoms with Gasteiger partial charge < -0.3 is 10.0 Å². The van der Waals surface area contributed by atoms with Crippen LogP contribution in [0.5, 0.6) is 0 Å². The number of halogens is 1. The summed E-state index contributed by atoms with van der Waals surface area (Å²) in [6, 6.07) is 8.87. The maximum atomic E-state index is 13.5. The largest absolute Gasteiger partial charge is 0.483 e. The molecule has 1 aromatic carbocycles. The van der Waals surface area contributed by atoms with Crippen LogP contribution in [0, 0.1) is 17.1 Å². The van der Waals surface area contributed by atoms with E-state index >= 15 is 0 Å². The molecule has 10 nitrogen and oxygen atoms in total. The molecule has 3 heterocycles. The van der Waals surface area contributed by atoms with Crippen LogP contribution >= 0.6 is 0 Å². The van der Waals surface area contributed by atoms with Crippen LogP contribution in [-0.2, 0) is 21.4 Å². The molecular formula is C22H23FN6O4S. The van der Waals surface area contributed by atoms with E-state index in [2.05, 4.69) is 15.0 Å². The number of carboxylic acid groups (broad SMARTS) is 1. The van der Waals surface area contributed by atoms with Crippen molar-refractivity contribution >= 4 is 22.2 Å². The second-order valence-corrected chi connectivity index (χ2v) is 9.17. The Bertz CT molecular complexity index is 1280. The van der Waals surface area contributed by atoms with Gasteiger partial charge in [-0.2, -0.15) is 14.7 Å². The van der Waals surface area contributed by atoms with Crippen molar-refractivity contribution in [3.63, 3.8) is 0 Å². The van der Waals surface area contributed by atoms with Gasteiger partial charge in [0.2, 0.25) is 10.0 Å². The Hall–Kier alpha value is -3.82. The van der Waals surface area contributed by atoms with E-state index in [0.29, 0.717) is 13.1 Å². The van der Waals surface area contributed by atoms with Gasteiger partial charge in [0.15, 0.2) is 0 Å². The first kappa shape index (κ1) is 24.8. The van der Waals surface area contributed by atoms with Crippen LogP contribution in [-0.4, -0.2) is 65.2 Å². The molecule has 0 radical (unpaired) electrons. The number of piperazine rings is 1. The van der Waals surface area contributed by atoms with Gasteiger partial charge in [-0.1, -0.05) is 0 Å². The first-order chi connectivity index (χ1) is 16.3. The van der Waals surface area contributed by atoms with Crippen LogP contribution in [0.1, 0.15) is 12.5 Å². The van der Waals surface area contributed by atoms with Crippen LogP contribution < -0.4 is 4.90 Å². The third kappa shape index (κ3) is 5.38. The van der Waals surface area contributed by atoms with Crippen molar-refractivity contribution in [2.75, 3.05) is 31.1 Å². The van der Waals surface area contributed by atoms with Gasteiger partial charge in [-0.15, -0.1) is 0 Å². The van der Waals surface area contributed by atoms with Crippen molar-refractivity contribution in [3.05, 3.63) is 60.3 Å². The van der Waals surface area contributed by atoms with E-state index in [4.69, 9.17) is 15.2 Å². The summed E-state index contributed by atoms with van der Waals surface area (Å²) in [7, 11) is -3.80. The van der Waals surface area contributed by atoms with Crippen LogP contribution in [0.2, 0.25) is 0 Å². The van der Waals surface area contributed by atoms with Gasteiger partial charge in [-0.05, 0) is 37.3 Å². The van der Waals surface area contributed by atoms with Gasteiger partial charge in [-0.3, -0.25) is 14.5 Å². The monoisotopic (exact) mass is 486 g/mol. The number of carbonyl (C=O) groups is 1. The fraction of sp³-hybridized carbons (Fsp3) is 0.273. The molecule has 12 heteroatoms. The van der Waals surface area contributed by atoms with E-state index in [-0.39, 0.29) is 30.0 Å². The molecule has 0 bridgehead atoms. The fourth-order valence-corrected chi connectivity index (χ4v) is 4.95. The highest BCUT2D eigenvalue weighted by molar-refractivity contribution is 7.89. The number of nitriles is 1. The Kier molecular flexibility index (Phi) is 7.93. The van der Waals surface area contributed by atoms with E-state index < -0.39 is 15.8 Å². The third-order valence-corrected chi connectivity index (χ3v) is 7.20. The maximum absolute atomic E-state index is 13.5. The highest BCUT2D eigenvalue weighted by Crippen LogP contribution is 2.24. The summed E-state index contributed by atoms with van der Waals surface area (Å²) >= 11 is 0. The molecule has 178 valence electrons. The van der Waals surface area contributed by atoms with Gasteiger partial charge in [0, 0.05) is 44.5 Å². The van der Waals surface area contributed by atoms with Crippen molar-refractivity contribution in [1.29, 1.82) is 5.26 Å². The summed E-state index contributed by atoms with van der Waals surface area (Å²) in [5.41, 5.74) is 2.40. The lowest BCUT2D eigenvalue weighted by Gasteiger charge is -2.35. The normalized spacial score (nSPS) is 14.1. The minimum Gasteiger partial charge on any atom is -0.483 e. The molecule has 2 aromatic heterocycles. The molecule has 0 atom stereocenters. The number of sulfonamides is 1. The van der Waals surface area contributed by atoms with Crippen molar-refractivity contribution in [2.24, 2.45) is 0 Å². The maximum Gasteiger partial charge on any atom is 0.290 e. The Morgan fingerprint density at radius 2 is 1.88 bits per heavy atom. The first-order valence-electron chi connectivity index (χ1n) is 10.4. The summed E-state index contributed by atoms with van der Waals surface area (Å²) in [4.78, 5) is 14.9. The average molecular weight is 487 g/mol. The zero-order valence-electron chi connectivity index (χ0n) is 18.4. The minimum atomic E-state index is -3.80. The Balaban J connectivity index is 0.00000103. The van der Waals surface area contributed by atoms with Gasteiger partial charge in [-0.25, -0.2) is 12.8 Å². The minimum absolute atomic E-state index is 0.0717. The fourth-order valence-electron chi connectivity index (χ4n) is 3.50. The molecule has 0 saturated carbocycles. The number of hydrogen-bond donors (Lipinski definition) is 1. The van der Waals surface area contributed by atoms with E-state index in [0.717, 1.165) is 35.6 Å². The number of pyridine rings is 1. The second-order valence-electron chi connectivity index (χ2n) is 7.24. The number of nitrogens with zero attached hydrogens (tertiary/aromatic N) is 6. The van der Waals surface area contributed by atoms with E-state index in [1.807, 2.05) is 29.9 Å². The van der Waals surface area contributed by atoms with Gasteiger partial charge in [0.1, 0.15) is 11.9 Å². The zero-order chi connectivity index (χ0) is 24.7. The molecule has 1 aliphatic heterocycles. The van der Waals surface area contributed by atoms with Crippen LogP contribution in [0.25, 0.3) is 11.3 Å². The molecule has 0 amide bonds. The molecule has 1 saturated heterocycles. The number of benzene rings is 1. The van der Waals surface area contributed by atoms with Crippen LogP contribution in [0.4, 0.5) is 10.1 Å². The number of hydrogen-bond acceptors (Lipinski definition) is 7. The highest BCUT2D eigenvalue weighted by atomic mass is 32.2. The molecule has 1 aliphatic rings. The molecular weight excluding hydrogens is 463 g/mol. The molecule has 1 fully saturated rings. The van der Waals surface area contributed by atoms with Crippen LogP contribution in [0.15, 0.2) is 53.8 Å². The van der Waals surface area contributed by atoms with E-state index in [1.165, 1.54) is 10.4 Å². The molecule has 0 unspecified atom stereocenters. The predicted molar refractivity (Wildman–Crippen MR) is 122 cm³/mol. The van der Waals surface area contributed by atoms with Crippen molar-refractivity contribution in [1.82, 2.24) is 19.1 Å². The average Bonchev–Trinajstić information content (AvgIpc) is 3.34. The summed E-state index contributed by atoms with van der Waals surface area (Å²) in [5, 5.41) is 20.1. The topological polar surface area (TPSA) is 132 Å². The molecule has 34 heavy (non-hydrogen) atoms. The lowest BCUT2D eigenvalue weighted by Crippen LogP contribution is -2.48. The first-order valence-corrected chi connectivity index (χ1v) is 11.8. The number of anilines is 1. The quantitative estimate of drug-likeness (QED) is 0.543. The lowest BCUT2D eigenvalue weighted by atomic mass is 10.2. The molecule has 0 aliphatic carbocycles. The molecule has 3 aromatic rings. The SMILES string of the molecule is CCn1cc(-c2ccc(N3CCN(S(=O)(=O)c4ccc(F)c(C#N)c4)CC3)cn2)cn1.O=CO. The Morgan fingerprint density at radius 1 is 1.18 bits per heavy atom. The summed E-state index contributed by atoms with van der Waals surface area (Å²) in [6.45, 7) is 4.13. The summed E-state index contributed by atoms with van der Waals surface area (Å²) < 4.78 is 42.5. The highest BCUT2D eigenvalue weighted by Gasteiger charge is 2.29. The van der Waals surface area contributed by atoms with Crippen molar-refractivity contribution in [3.8, 4) is 17.3 Å². The van der Waals surface area contributed by atoms with E-state index in [9.17, 15) is 12.8 Å². The van der Waals surface area contributed by atoms with Crippen molar-refractivity contribution in [2.45, 2.75) is 18.4 Å². The molecule has 0 spiro atoms. The summed E-state index contributed by atoms with van der Waals surface area (Å²) in [5.74, 6) is -0.732. The Labute approximate surface area is 196 Å². The van der Waals surface area contributed by atoms with Crippen molar-refractivity contribution < 1.29 is 22.7 Å². The van der Waals surface area contributed by atoms with Gasteiger partial charge >= 0.3 is 0 Å². The van der Waals surface area contributed by atoms with Gasteiger partial charge in [0.25, 0.3) is 6.47 Å². The number of aryl methyl sites for hydroxylation is 1. The van der Waals surface area contributed by atoms with Crippen LogP contribution in [0.3, 0.4) is 0 Å². The number of aromatic nitrogens is 3. The second kappa shape index (κ2) is 10.9. The standard InChI is InChI=1S/C21H21FN6O2S.CH2O2/c1-2-27-15-17(13-25-27)21-6-3-18(14-24-21)26-7-9-28(10-8-26)31(29,30)19-4-5-20(22)16(11-19)12-23;2-1-3/h3-6,11,13-15H,2,7-10H2,1H3;1H,(H,2,3). The zero-order valence-corrected chi connectivity index (χ0v) is 19.2. The van der Waals surface area contributed by atoms with E-state index in [1.54, 1.807) is 18.5 Å². The summed E-state index contributed by atoms with van der Waals surface area (Å²) in [6.07, 6.45) is 5.50. The lowest BCUT2D eigenvalue weighted by molar-refractivity contribution is -0.122. The predicted octanol–water partition coefficient (Wildman–Crippen LogP) is 2.19. The molecule has 4 rings (SSSR count). The molecule has 1 N–H and O–H groups in total. The smallest absolute Gasteiger partial charge is 0.290 e. The number of rotatable bonds is 5. The third-order valence-electron chi connectivity index (χ3n) is 5.30. The Morgan fingerprint density at radius 3 is 2.44 bits per heavy atom. The van der Waals surface area contributed by atoms with Gasteiger partial charge in [0.05, 0.1) is 34.2 Å².